The van der Waals surface area contributed by atoms with E-state index < -0.39 is 24.1 Å². The molecule has 0 aromatic carbocycles. The van der Waals surface area contributed by atoms with Crippen LogP contribution in [0.1, 0.15) is 12.6 Å². The van der Waals surface area contributed by atoms with Gasteiger partial charge in [0.1, 0.15) is 18.7 Å². The summed E-state index contributed by atoms with van der Waals surface area (Å²) < 4.78 is 6.41. The number of anilines is 1. The van der Waals surface area contributed by atoms with Gasteiger partial charge in [-0.1, -0.05) is 0 Å². The average Bonchev–Trinajstić information content (AvgIpc) is 2.59. The molecule has 1 unspecified atom stereocenters. The number of nitrogen functional groups attached to an aromatic ring is 1. The summed E-state index contributed by atoms with van der Waals surface area (Å²) in [6.45, 7) is -0.303. The molecule has 0 amide bonds. The standard InChI is InChI=1S/C8H12N4O4/c9-7-10-3-12(8(15)11-7)6-1-4(14)5(2-13)16-6/h3-6,13-14H,1-2H2,(H2,9,11,15)/t4?,5-,6-/m0/s1. The minimum Gasteiger partial charge on any atom is -0.394 e. The van der Waals surface area contributed by atoms with Crippen LogP contribution >= 0.6 is 0 Å². The normalized spacial score (nSPS) is 29.5. The highest BCUT2D eigenvalue weighted by Gasteiger charge is 2.35. The van der Waals surface area contributed by atoms with E-state index in [1.165, 1.54) is 6.33 Å². The van der Waals surface area contributed by atoms with E-state index in [0.717, 1.165) is 4.57 Å². The fourth-order valence-corrected chi connectivity index (χ4v) is 1.60. The molecule has 1 saturated heterocycles. The van der Waals surface area contributed by atoms with Crippen LogP contribution in [0.2, 0.25) is 0 Å². The van der Waals surface area contributed by atoms with E-state index in [-0.39, 0.29) is 19.0 Å². The maximum absolute atomic E-state index is 11.4. The van der Waals surface area contributed by atoms with Crippen molar-refractivity contribution in [2.45, 2.75) is 24.9 Å². The number of nitrogens with zero attached hydrogens (tertiary/aromatic N) is 3. The zero-order valence-electron chi connectivity index (χ0n) is 8.35. The lowest BCUT2D eigenvalue weighted by Gasteiger charge is -2.13. The molecule has 16 heavy (non-hydrogen) atoms. The lowest BCUT2D eigenvalue weighted by atomic mass is 10.2. The number of nitrogens with two attached hydrogens (primary N) is 1. The Bertz CT molecular complexity index is 434. The molecule has 0 radical (unpaired) electrons. The Morgan fingerprint density at radius 3 is 3.00 bits per heavy atom. The molecule has 3 atom stereocenters. The van der Waals surface area contributed by atoms with Gasteiger partial charge in [-0.3, -0.25) is 4.57 Å². The Kier molecular flexibility index (Phi) is 2.86. The van der Waals surface area contributed by atoms with Gasteiger partial charge in [0, 0.05) is 6.42 Å². The monoisotopic (exact) mass is 228 g/mol. The van der Waals surface area contributed by atoms with Crippen LogP contribution in [0.15, 0.2) is 11.1 Å². The van der Waals surface area contributed by atoms with Crippen LogP contribution < -0.4 is 11.4 Å². The molecule has 0 saturated carbocycles. The van der Waals surface area contributed by atoms with Crippen LogP contribution in [-0.4, -0.2) is 43.6 Å². The fourth-order valence-electron chi connectivity index (χ4n) is 1.60. The third-order valence-corrected chi connectivity index (χ3v) is 2.44. The van der Waals surface area contributed by atoms with Gasteiger partial charge in [-0.25, -0.2) is 9.78 Å². The second-order valence-corrected chi connectivity index (χ2v) is 3.52. The van der Waals surface area contributed by atoms with Crippen molar-refractivity contribution in [2.24, 2.45) is 0 Å². The van der Waals surface area contributed by atoms with E-state index in [9.17, 15) is 9.90 Å². The lowest BCUT2D eigenvalue weighted by molar-refractivity contribution is -0.0462. The molecule has 88 valence electrons. The molecule has 2 rings (SSSR count). The number of aromatic nitrogens is 3. The van der Waals surface area contributed by atoms with Gasteiger partial charge in [-0.05, 0) is 0 Å². The highest BCUT2D eigenvalue weighted by atomic mass is 16.5. The van der Waals surface area contributed by atoms with Gasteiger partial charge in [-0.2, -0.15) is 4.98 Å². The number of aliphatic hydroxyl groups excluding tert-OH is 2. The summed E-state index contributed by atoms with van der Waals surface area (Å²) in [6.07, 6.45) is -0.741. The van der Waals surface area contributed by atoms with Crippen LogP contribution in [0.3, 0.4) is 0 Å². The van der Waals surface area contributed by atoms with Crippen molar-refractivity contribution in [3.63, 3.8) is 0 Å². The van der Waals surface area contributed by atoms with Crippen molar-refractivity contribution in [1.82, 2.24) is 14.5 Å². The molecule has 1 aromatic rings. The Hall–Kier alpha value is -1.51. The molecule has 1 aliphatic rings. The van der Waals surface area contributed by atoms with Crippen LogP contribution in [0, 0.1) is 0 Å². The first kappa shape index (κ1) is 11.0. The van der Waals surface area contributed by atoms with Gasteiger partial charge in [0.25, 0.3) is 0 Å². The number of hydrogen-bond donors (Lipinski definition) is 3. The van der Waals surface area contributed by atoms with Gasteiger partial charge in [-0.15, -0.1) is 0 Å². The first-order chi connectivity index (χ1) is 7.61. The molecule has 1 aliphatic heterocycles. The molecule has 8 nitrogen and oxygen atoms in total. The van der Waals surface area contributed by atoms with Crippen LogP contribution in [-0.2, 0) is 4.74 Å². The van der Waals surface area contributed by atoms with Crippen molar-refractivity contribution in [1.29, 1.82) is 0 Å². The zero-order valence-corrected chi connectivity index (χ0v) is 8.35. The van der Waals surface area contributed by atoms with Crippen molar-refractivity contribution in [3.05, 3.63) is 16.8 Å². The van der Waals surface area contributed by atoms with Crippen LogP contribution in [0.4, 0.5) is 5.95 Å². The van der Waals surface area contributed by atoms with E-state index in [2.05, 4.69) is 9.97 Å². The molecule has 2 heterocycles. The summed E-state index contributed by atoms with van der Waals surface area (Å²) >= 11 is 0. The average molecular weight is 228 g/mol. The van der Waals surface area contributed by atoms with Gasteiger partial charge < -0.3 is 20.7 Å². The number of rotatable bonds is 2. The molecular weight excluding hydrogens is 216 g/mol. The van der Waals surface area contributed by atoms with Crippen molar-refractivity contribution < 1.29 is 14.9 Å². The predicted molar refractivity (Wildman–Crippen MR) is 52.3 cm³/mol. The maximum Gasteiger partial charge on any atom is 0.354 e. The highest BCUT2D eigenvalue weighted by molar-refractivity contribution is 5.09. The van der Waals surface area contributed by atoms with Crippen LogP contribution in [0.25, 0.3) is 0 Å². The molecule has 4 N–H and O–H groups in total. The summed E-state index contributed by atoms with van der Waals surface area (Å²) in [5.41, 5.74) is 4.65. The van der Waals surface area contributed by atoms with Gasteiger partial charge in [0.15, 0.2) is 0 Å². The molecule has 8 heteroatoms. The number of aliphatic hydroxyl groups is 2. The largest absolute Gasteiger partial charge is 0.394 e. The highest BCUT2D eigenvalue weighted by Crippen LogP contribution is 2.26. The molecule has 1 fully saturated rings. The van der Waals surface area contributed by atoms with E-state index in [1.54, 1.807) is 0 Å². The van der Waals surface area contributed by atoms with E-state index in [1.807, 2.05) is 0 Å². The quantitative estimate of drug-likeness (QED) is 0.527. The summed E-state index contributed by atoms with van der Waals surface area (Å²) in [5.74, 6) is -0.112. The lowest BCUT2D eigenvalue weighted by Crippen LogP contribution is -2.28. The maximum atomic E-state index is 11.4. The van der Waals surface area contributed by atoms with E-state index in [4.69, 9.17) is 15.6 Å². The van der Waals surface area contributed by atoms with Crippen molar-refractivity contribution in [2.75, 3.05) is 12.3 Å². The summed E-state index contributed by atoms with van der Waals surface area (Å²) in [7, 11) is 0. The Labute approximate surface area is 90.3 Å². The van der Waals surface area contributed by atoms with Crippen molar-refractivity contribution >= 4 is 5.95 Å². The third kappa shape index (κ3) is 1.90. The fraction of sp³-hybridized carbons (Fsp3) is 0.625. The SMILES string of the molecule is Nc1ncn([C@@H]2CC(O)[C@H](CO)O2)c(=O)n1. The predicted octanol–water partition coefficient (Wildman–Crippen LogP) is -2.14. The van der Waals surface area contributed by atoms with Gasteiger partial charge in [0.2, 0.25) is 5.95 Å². The minimum atomic E-state index is -0.806. The molecule has 0 bridgehead atoms. The Balaban J connectivity index is 2.23. The topological polar surface area (TPSA) is 123 Å². The Morgan fingerprint density at radius 1 is 1.69 bits per heavy atom. The smallest absolute Gasteiger partial charge is 0.354 e. The molecule has 0 spiro atoms. The second-order valence-electron chi connectivity index (χ2n) is 3.52. The minimum absolute atomic E-state index is 0.112. The molecule has 0 aliphatic carbocycles. The third-order valence-electron chi connectivity index (χ3n) is 2.44. The Morgan fingerprint density at radius 2 is 2.44 bits per heavy atom. The molecular formula is C8H12N4O4. The first-order valence-corrected chi connectivity index (χ1v) is 4.77. The second kappa shape index (κ2) is 4.16. The molecule has 1 aromatic heterocycles. The zero-order chi connectivity index (χ0) is 11.7. The van der Waals surface area contributed by atoms with Gasteiger partial charge >= 0.3 is 5.69 Å². The summed E-state index contributed by atoms with van der Waals surface area (Å²) in [4.78, 5) is 18.5. The van der Waals surface area contributed by atoms with E-state index in [0.29, 0.717) is 0 Å². The first-order valence-electron chi connectivity index (χ1n) is 4.77. The number of hydrogen-bond acceptors (Lipinski definition) is 7. The van der Waals surface area contributed by atoms with E-state index >= 15 is 0 Å². The van der Waals surface area contributed by atoms with Gasteiger partial charge in [0.05, 0.1) is 12.7 Å². The van der Waals surface area contributed by atoms with Crippen LogP contribution in [0.5, 0.6) is 0 Å². The van der Waals surface area contributed by atoms with Crippen molar-refractivity contribution in [3.8, 4) is 0 Å². The summed E-state index contributed by atoms with van der Waals surface area (Å²) in [5, 5.41) is 18.4. The number of ether oxygens (including phenoxy) is 1. The summed E-state index contributed by atoms with van der Waals surface area (Å²) in [6, 6.07) is 0.